The second-order valence-corrected chi connectivity index (χ2v) is 4.90. The molecular weight excluding hydrogens is 238 g/mol. The third-order valence-corrected chi connectivity index (χ3v) is 3.53. The maximum atomic E-state index is 12.4. The molecule has 0 aliphatic rings. The molecule has 0 aromatic heterocycles. The first-order valence-corrected chi connectivity index (χ1v) is 5.85. The average molecular weight is 247 g/mol. The number of hydrogen-bond acceptors (Lipinski definition) is 1. The molecule has 1 aromatic carbocycles. The van der Waals surface area contributed by atoms with Gasteiger partial charge in [-0.15, -0.1) is 0 Å². The van der Waals surface area contributed by atoms with Gasteiger partial charge < -0.3 is 0 Å². The Morgan fingerprint density at radius 2 is 2.00 bits per heavy atom. The number of carbonyl (C=O) groups is 1. The Morgan fingerprint density at radius 3 is 2.54 bits per heavy atom. The molecule has 1 N–H and O–H groups in total. The molecule has 1 rings (SSSR count). The molecule has 2 nitrogen and oxygen atoms in total. The summed E-state index contributed by atoms with van der Waals surface area (Å²) in [5.41, 5.74) is 0. The number of carboxylic acids is 1. The van der Waals surface area contributed by atoms with Gasteiger partial charge in [0.15, 0.2) is 0 Å². The van der Waals surface area contributed by atoms with Crippen LogP contribution in [0.1, 0.15) is 6.42 Å². The fourth-order valence-electron chi connectivity index (χ4n) is 0.787. The van der Waals surface area contributed by atoms with E-state index in [1.165, 1.54) is 12.1 Å². The predicted octanol–water partition coefficient (Wildman–Crippen LogP) is 1.05. The van der Waals surface area contributed by atoms with E-state index in [1.54, 1.807) is 12.1 Å². The molecule has 0 radical (unpaired) electrons. The fraction of sp³-hybridized carbons (Fsp3) is 0.222. The quantitative estimate of drug-likeness (QED) is 0.807. The molecule has 1 aromatic rings. The molecule has 0 bridgehead atoms. The Kier molecular flexibility index (Phi) is 3.93. The summed E-state index contributed by atoms with van der Waals surface area (Å²) in [4.78, 5) is 10.2. The van der Waals surface area contributed by atoms with Gasteiger partial charge in [-0.05, 0) is 0 Å². The Balaban J connectivity index is 2.37. The van der Waals surface area contributed by atoms with Crippen LogP contribution in [-0.2, 0) is 4.79 Å². The zero-order valence-corrected chi connectivity index (χ0v) is 8.58. The minimum atomic E-state index is -0.774. The summed E-state index contributed by atoms with van der Waals surface area (Å²) in [6.07, 6.45) is 0.192. The van der Waals surface area contributed by atoms with Crippen LogP contribution in [0.2, 0.25) is 5.32 Å². The monoisotopic (exact) mass is 248 g/mol. The van der Waals surface area contributed by atoms with Gasteiger partial charge in [0, 0.05) is 0 Å². The zero-order valence-electron chi connectivity index (χ0n) is 6.87. The first-order valence-electron chi connectivity index (χ1n) is 3.78. The molecule has 0 unspecified atom stereocenters. The number of carboxylic acid groups (broad SMARTS) is 1. The van der Waals surface area contributed by atoms with Gasteiger partial charge in [0.2, 0.25) is 0 Å². The Hall–Kier alpha value is -0.861. The van der Waals surface area contributed by atoms with Gasteiger partial charge >= 0.3 is 81.5 Å². The standard InChI is InChI=1S/C9H9FO2Se/c10-7-1-3-8(4-2-7)13-6-5-9(11)12/h1-4H,5-6H2,(H,11,12). The van der Waals surface area contributed by atoms with Crippen molar-refractivity contribution in [2.24, 2.45) is 0 Å². The van der Waals surface area contributed by atoms with Crippen LogP contribution in [0.25, 0.3) is 0 Å². The minimum absolute atomic E-state index is 0.145. The first-order chi connectivity index (χ1) is 6.18. The SMILES string of the molecule is O=C(O)CC[Se]c1ccc(F)cc1. The molecule has 0 atom stereocenters. The molecule has 4 heteroatoms. The van der Waals surface area contributed by atoms with E-state index in [1.807, 2.05) is 0 Å². The van der Waals surface area contributed by atoms with E-state index in [4.69, 9.17) is 5.11 Å². The molecule has 0 aliphatic carbocycles. The van der Waals surface area contributed by atoms with Crippen molar-refractivity contribution in [3.05, 3.63) is 30.1 Å². The van der Waals surface area contributed by atoms with E-state index in [0.29, 0.717) is 5.32 Å². The molecule has 0 heterocycles. The molecule has 0 saturated carbocycles. The number of benzene rings is 1. The third kappa shape index (κ3) is 4.06. The number of hydrogen-bond donors (Lipinski definition) is 1. The van der Waals surface area contributed by atoms with E-state index in [-0.39, 0.29) is 27.2 Å². The number of aliphatic carboxylic acids is 1. The van der Waals surface area contributed by atoms with Gasteiger partial charge in [-0.2, -0.15) is 0 Å². The predicted molar refractivity (Wildman–Crippen MR) is 48.8 cm³/mol. The summed E-state index contributed by atoms with van der Waals surface area (Å²) >= 11 is 0.145. The fourth-order valence-corrected chi connectivity index (χ4v) is 2.55. The molecule has 70 valence electrons. The molecule has 0 spiro atoms. The van der Waals surface area contributed by atoms with Gasteiger partial charge in [-0.1, -0.05) is 0 Å². The zero-order chi connectivity index (χ0) is 9.68. The summed E-state index contributed by atoms with van der Waals surface area (Å²) in [7, 11) is 0. The van der Waals surface area contributed by atoms with Crippen molar-refractivity contribution in [1.82, 2.24) is 0 Å². The Bertz CT molecular complexity index is 284. The second kappa shape index (κ2) is 5.00. The average Bonchev–Trinajstić information content (AvgIpc) is 2.08. The maximum absolute atomic E-state index is 12.4. The van der Waals surface area contributed by atoms with Crippen LogP contribution >= 0.6 is 0 Å². The van der Waals surface area contributed by atoms with E-state index >= 15 is 0 Å². The first kappa shape index (κ1) is 10.2. The van der Waals surface area contributed by atoms with E-state index in [9.17, 15) is 9.18 Å². The van der Waals surface area contributed by atoms with E-state index in [2.05, 4.69) is 0 Å². The van der Waals surface area contributed by atoms with Crippen LogP contribution < -0.4 is 4.46 Å². The van der Waals surface area contributed by atoms with Crippen molar-refractivity contribution in [2.45, 2.75) is 11.7 Å². The summed E-state index contributed by atoms with van der Waals surface area (Å²) in [5, 5.41) is 9.05. The van der Waals surface area contributed by atoms with Crippen molar-refractivity contribution in [3.8, 4) is 0 Å². The van der Waals surface area contributed by atoms with Crippen LogP contribution in [0.4, 0.5) is 4.39 Å². The Morgan fingerprint density at radius 1 is 1.38 bits per heavy atom. The van der Waals surface area contributed by atoms with Crippen LogP contribution in [0.5, 0.6) is 0 Å². The summed E-state index contributed by atoms with van der Waals surface area (Å²) in [6.45, 7) is 0. The molecule has 13 heavy (non-hydrogen) atoms. The van der Waals surface area contributed by atoms with Gasteiger partial charge in [0.25, 0.3) is 0 Å². The van der Waals surface area contributed by atoms with Crippen molar-refractivity contribution in [2.75, 3.05) is 0 Å². The van der Waals surface area contributed by atoms with Crippen LogP contribution in [0.15, 0.2) is 24.3 Å². The number of rotatable bonds is 4. The van der Waals surface area contributed by atoms with Crippen LogP contribution in [0, 0.1) is 5.82 Å². The summed E-state index contributed by atoms with van der Waals surface area (Å²) < 4.78 is 13.5. The van der Waals surface area contributed by atoms with Crippen LogP contribution in [0.3, 0.4) is 0 Å². The molecule has 0 aliphatic heterocycles. The Labute approximate surface area is 81.9 Å². The normalized spacial score (nSPS) is 9.92. The van der Waals surface area contributed by atoms with Gasteiger partial charge in [0.1, 0.15) is 0 Å². The summed E-state index contributed by atoms with van der Waals surface area (Å²) in [5.74, 6) is -1.03. The molecule has 0 fully saturated rings. The van der Waals surface area contributed by atoms with E-state index < -0.39 is 5.97 Å². The van der Waals surface area contributed by atoms with Gasteiger partial charge in [-0.3, -0.25) is 0 Å². The second-order valence-electron chi connectivity index (χ2n) is 2.45. The third-order valence-electron chi connectivity index (χ3n) is 1.40. The topological polar surface area (TPSA) is 37.3 Å². The molecule has 0 saturated heterocycles. The molecular formula is C9H9FO2Se. The van der Waals surface area contributed by atoms with Crippen molar-refractivity contribution >= 4 is 25.4 Å². The summed E-state index contributed by atoms with van der Waals surface area (Å²) in [6, 6.07) is 6.21. The van der Waals surface area contributed by atoms with Gasteiger partial charge in [0.05, 0.1) is 0 Å². The number of halogens is 1. The van der Waals surface area contributed by atoms with Crippen molar-refractivity contribution < 1.29 is 14.3 Å². The molecule has 0 amide bonds. The van der Waals surface area contributed by atoms with Crippen molar-refractivity contribution in [3.63, 3.8) is 0 Å². The van der Waals surface area contributed by atoms with Crippen LogP contribution in [-0.4, -0.2) is 26.0 Å². The van der Waals surface area contributed by atoms with Crippen molar-refractivity contribution in [1.29, 1.82) is 0 Å². The van der Waals surface area contributed by atoms with E-state index in [0.717, 1.165) is 4.46 Å². The van der Waals surface area contributed by atoms with Gasteiger partial charge in [-0.25, -0.2) is 0 Å².